The van der Waals surface area contributed by atoms with Crippen LogP contribution in [-0.4, -0.2) is 29.5 Å². The Morgan fingerprint density at radius 2 is 1.25 bits per heavy atom. The summed E-state index contributed by atoms with van der Waals surface area (Å²) in [5, 5.41) is 0.387. The predicted molar refractivity (Wildman–Crippen MR) is 79.0 cm³/mol. The Morgan fingerprint density at radius 3 is 1.31 bits per heavy atom. The Kier molecular flexibility index (Phi) is 5.10. The number of rotatable bonds is 2. The summed E-state index contributed by atoms with van der Waals surface area (Å²) >= 11 is -2.06. The Balaban J connectivity index is 5.65. The normalized spacial score (nSPS) is 13.9. The Labute approximate surface area is 105 Å². The molecule has 0 aliphatic heterocycles. The molecular weight excluding hydrogens is 276 g/mol. The van der Waals surface area contributed by atoms with Crippen LogP contribution in [0.15, 0.2) is 4.15 Å². The van der Waals surface area contributed by atoms with Crippen molar-refractivity contribution < 1.29 is 4.79 Å². The molecule has 1 nitrogen and oxygen atoms in total. The van der Waals surface area contributed by atoms with Gasteiger partial charge in [-0.05, 0) is 0 Å². The summed E-state index contributed by atoms with van der Waals surface area (Å²) in [5.41, 5.74) is 0. The summed E-state index contributed by atoms with van der Waals surface area (Å²) < 4.78 is 1.16. The third-order valence-corrected chi connectivity index (χ3v) is 13.7. The van der Waals surface area contributed by atoms with Crippen LogP contribution in [0, 0.1) is 0 Å². The van der Waals surface area contributed by atoms with E-state index in [1.54, 1.807) is 0 Å². The van der Waals surface area contributed by atoms with E-state index in [0.29, 0.717) is 0 Å². The minimum absolute atomic E-state index is 0.193. The quantitative estimate of drug-likeness (QED) is 0.412. The summed E-state index contributed by atoms with van der Waals surface area (Å²) in [4.78, 5) is 11.4. The van der Waals surface area contributed by atoms with Crippen LogP contribution in [0.1, 0.15) is 41.5 Å². The van der Waals surface area contributed by atoms with Gasteiger partial charge >= 0.3 is 105 Å². The molecule has 0 saturated carbocycles. The fourth-order valence-corrected chi connectivity index (χ4v) is 15.4. The van der Waals surface area contributed by atoms with E-state index in [9.17, 15) is 4.79 Å². The molecule has 0 aliphatic rings. The summed E-state index contributed by atoms with van der Waals surface area (Å²) in [6.07, 6.45) is 0. The van der Waals surface area contributed by atoms with E-state index in [4.69, 9.17) is 0 Å². The summed E-state index contributed by atoms with van der Waals surface area (Å²) in [6, 6.07) is 0. The Bertz CT molecular complexity index is 281. The van der Waals surface area contributed by atoms with Gasteiger partial charge in [0.1, 0.15) is 0 Å². The van der Waals surface area contributed by atoms with Gasteiger partial charge < -0.3 is 0 Å². The van der Waals surface area contributed by atoms with Gasteiger partial charge in [-0.15, -0.1) is 0 Å². The predicted octanol–water partition coefficient (Wildman–Crippen LogP) is 4.66. The second-order valence-corrected chi connectivity index (χ2v) is 22.6. The Morgan fingerprint density at radius 1 is 0.938 bits per heavy atom. The van der Waals surface area contributed by atoms with E-state index in [1.165, 1.54) is 0 Å². The molecule has 0 saturated heterocycles. The Hall–Kier alpha value is 0.423. The molecule has 0 amide bonds. The molecule has 0 bridgehead atoms. The van der Waals surface area contributed by atoms with Crippen molar-refractivity contribution in [2.45, 2.75) is 69.1 Å². The molecule has 0 radical (unpaired) electrons. The first-order valence-corrected chi connectivity index (χ1v) is 14.6. The summed E-state index contributed by atoms with van der Waals surface area (Å²) in [6.45, 7) is 13.6. The van der Waals surface area contributed by atoms with Gasteiger partial charge in [-0.3, -0.25) is 0 Å². The molecule has 0 heterocycles. The second kappa shape index (κ2) is 4.96. The van der Waals surface area contributed by atoms with Crippen molar-refractivity contribution in [3.05, 3.63) is 4.15 Å². The summed E-state index contributed by atoms with van der Waals surface area (Å²) in [5.74, 6) is 9.23. The van der Waals surface area contributed by atoms with Crippen LogP contribution in [0.3, 0.4) is 0 Å². The zero-order chi connectivity index (χ0) is 13.4. The van der Waals surface area contributed by atoms with Crippen LogP contribution in [-0.2, 0) is 4.79 Å². The van der Waals surface area contributed by atoms with E-state index in [1.807, 2.05) is 0 Å². The molecule has 0 atom stereocenters. The number of carbonyl (C=O) groups excluding carboxylic acids is 1. The van der Waals surface area contributed by atoms with Gasteiger partial charge in [0.05, 0.1) is 0 Å². The first-order valence-electron chi connectivity index (χ1n) is 5.87. The van der Waals surface area contributed by atoms with Crippen molar-refractivity contribution in [2.24, 2.45) is 0 Å². The molecule has 0 aromatic heterocycles. The average Bonchev–Trinajstić information content (AvgIpc) is 1.91. The first kappa shape index (κ1) is 16.4. The van der Waals surface area contributed by atoms with Crippen LogP contribution in [0.4, 0.5) is 0 Å². The van der Waals surface area contributed by atoms with Gasteiger partial charge in [-0.2, -0.15) is 0 Å². The van der Waals surface area contributed by atoms with E-state index in [0.717, 1.165) is 4.15 Å². The fraction of sp³-hybridized carbons (Fsp3) is 0.846. The van der Waals surface area contributed by atoms with Crippen LogP contribution in [0.25, 0.3) is 0 Å². The van der Waals surface area contributed by atoms with E-state index in [-0.39, 0.29) is 10.3 Å². The van der Waals surface area contributed by atoms with Crippen molar-refractivity contribution in [3.8, 4) is 0 Å². The topological polar surface area (TPSA) is 17.1 Å². The molecule has 0 aromatic carbocycles. The molecule has 16 heavy (non-hydrogen) atoms. The maximum atomic E-state index is 11.4. The van der Waals surface area contributed by atoms with Gasteiger partial charge in [-0.1, -0.05) is 0 Å². The molecule has 0 fully saturated rings. The number of hydrogen-bond donors (Lipinski definition) is 0. The van der Waals surface area contributed by atoms with Crippen molar-refractivity contribution >= 4 is 27.1 Å². The van der Waals surface area contributed by atoms with Crippen molar-refractivity contribution in [2.75, 3.05) is 0 Å². The van der Waals surface area contributed by atoms with E-state index >= 15 is 0 Å². The van der Waals surface area contributed by atoms with Crippen LogP contribution >= 0.6 is 7.92 Å². The third-order valence-electron chi connectivity index (χ3n) is 2.37. The van der Waals surface area contributed by atoms with E-state index in [2.05, 4.69) is 64.8 Å². The maximum absolute atomic E-state index is 11.4. The molecule has 0 aromatic rings. The molecule has 94 valence electrons. The second-order valence-electron chi connectivity index (χ2n) is 7.38. The molecule has 0 spiro atoms. The van der Waals surface area contributed by atoms with E-state index < -0.39 is 21.2 Å². The zero-order valence-corrected chi connectivity index (χ0v) is 15.3. The fourth-order valence-electron chi connectivity index (χ4n) is 2.21. The first-order chi connectivity index (χ1) is 6.81. The molecule has 0 unspecified atom stereocenters. The van der Waals surface area contributed by atoms with Gasteiger partial charge in [0.2, 0.25) is 0 Å². The van der Waals surface area contributed by atoms with Crippen molar-refractivity contribution in [1.29, 1.82) is 0 Å². The van der Waals surface area contributed by atoms with Gasteiger partial charge in [0.25, 0.3) is 0 Å². The SMILES string of the molecule is CC(C)(C)P([C](=C=O)[Ge]([CH3])([CH3])[CH3])C(C)(C)C. The minimum atomic E-state index is -2.06. The molecule has 3 heteroatoms. The van der Waals surface area contributed by atoms with Crippen molar-refractivity contribution in [1.82, 2.24) is 0 Å². The average molecular weight is 303 g/mol. The van der Waals surface area contributed by atoms with Gasteiger partial charge in [-0.25, -0.2) is 0 Å². The van der Waals surface area contributed by atoms with Crippen molar-refractivity contribution in [3.63, 3.8) is 0 Å². The van der Waals surface area contributed by atoms with Gasteiger partial charge in [0.15, 0.2) is 0 Å². The number of hydrogen-bond acceptors (Lipinski definition) is 1. The summed E-state index contributed by atoms with van der Waals surface area (Å²) in [7, 11) is -0.418. The van der Waals surface area contributed by atoms with Crippen LogP contribution in [0.5, 0.6) is 0 Å². The zero-order valence-electron chi connectivity index (χ0n) is 12.4. The standard InChI is InChI=1S/C13H27GeOP/c1-12(2,3)16(13(4,5)6)11(10-15)14(7,8)9/h1-9H3. The third kappa shape index (κ3) is 4.36. The monoisotopic (exact) mass is 304 g/mol. The molecule has 0 aliphatic carbocycles. The molecule has 0 rings (SSSR count). The van der Waals surface area contributed by atoms with Crippen LogP contribution in [0.2, 0.25) is 17.3 Å². The molecule has 0 N–H and O–H groups in total. The van der Waals surface area contributed by atoms with Crippen LogP contribution < -0.4 is 0 Å². The van der Waals surface area contributed by atoms with Gasteiger partial charge in [0, 0.05) is 0 Å². The molecular formula is C13H27GeOP.